The fourth-order valence-electron chi connectivity index (χ4n) is 2.15. The smallest absolute Gasteiger partial charge is 0.106 e. The first-order chi connectivity index (χ1) is 9.22. The van der Waals surface area contributed by atoms with Crippen molar-refractivity contribution in [3.63, 3.8) is 0 Å². The van der Waals surface area contributed by atoms with E-state index in [0.29, 0.717) is 18.8 Å². The summed E-state index contributed by atoms with van der Waals surface area (Å²) in [6, 6.07) is 9.30. The van der Waals surface area contributed by atoms with Crippen LogP contribution in [0, 0.1) is 11.3 Å². The van der Waals surface area contributed by atoms with E-state index in [1.54, 1.807) is 6.07 Å². The molecule has 1 heterocycles. The number of hydrogen-bond donors (Lipinski definition) is 2. The molecule has 0 aromatic heterocycles. The number of nitrogens with zero attached hydrogens (tertiary/aromatic N) is 2. The summed E-state index contributed by atoms with van der Waals surface area (Å²) < 4.78 is 5.30. The van der Waals surface area contributed by atoms with Crippen molar-refractivity contribution < 1.29 is 14.9 Å². The van der Waals surface area contributed by atoms with Gasteiger partial charge in [-0.05, 0) is 17.7 Å². The van der Waals surface area contributed by atoms with Gasteiger partial charge in [0.05, 0.1) is 31.8 Å². The van der Waals surface area contributed by atoms with Crippen molar-refractivity contribution >= 4 is 5.69 Å². The van der Waals surface area contributed by atoms with Gasteiger partial charge in [0.25, 0.3) is 0 Å². The first-order valence-electron chi connectivity index (χ1n) is 6.38. The lowest BCUT2D eigenvalue weighted by Gasteiger charge is -2.29. The van der Waals surface area contributed by atoms with Gasteiger partial charge in [-0.15, -0.1) is 0 Å². The quantitative estimate of drug-likeness (QED) is 0.840. The molecule has 1 aromatic carbocycles. The highest BCUT2D eigenvalue weighted by Gasteiger charge is 2.19. The fraction of sp³-hybridized carbons (Fsp3) is 0.500. The Morgan fingerprint density at radius 3 is 2.74 bits per heavy atom. The van der Waals surface area contributed by atoms with E-state index in [9.17, 15) is 10.2 Å². The van der Waals surface area contributed by atoms with E-state index in [1.165, 1.54) is 0 Å². The molecule has 1 aromatic rings. The largest absolute Gasteiger partial charge is 0.389 e. The summed E-state index contributed by atoms with van der Waals surface area (Å²) in [5.41, 5.74) is 1.63. The zero-order valence-electron chi connectivity index (χ0n) is 10.7. The standard InChI is InChI=1S/C14H18N2O3/c15-5-4-13(17)14(18)11-2-1-3-12(10-11)16-6-8-19-9-7-16/h1-3,10,13-14,17-18H,4,6-9H2. The Morgan fingerprint density at radius 2 is 2.05 bits per heavy atom. The van der Waals surface area contributed by atoms with Crippen molar-refractivity contribution in [2.45, 2.75) is 18.6 Å². The van der Waals surface area contributed by atoms with Crippen LogP contribution in [-0.2, 0) is 4.74 Å². The number of aliphatic hydroxyl groups is 2. The fourth-order valence-corrected chi connectivity index (χ4v) is 2.15. The molecular formula is C14H18N2O3. The third kappa shape index (κ3) is 3.44. The van der Waals surface area contributed by atoms with Gasteiger partial charge in [0.1, 0.15) is 6.10 Å². The number of benzene rings is 1. The van der Waals surface area contributed by atoms with Gasteiger partial charge < -0.3 is 19.8 Å². The minimum absolute atomic E-state index is 0.0804. The van der Waals surface area contributed by atoms with Gasteiger partial charge >= 0.3 is 0 Å². The Bertz CT molecular complexity index is 452. The van der Waals surface area contributed by atoms with Gasteiger partial charge in [-0.1, -0.05) is 12.1 Å². The van der Waals surface area contributed by atoms with Gasteiger partial charge in [-0.2, -0.15) is 5.26 Å². The first-order valence-corrected chi connectivity index (χ1v) is 6.38. The lowest BCUT2D eigenvalue weighted by Crippen LogP contribution is -2.36. The van der Waals surface area contributed by atoms with E-state index in [-0.39, 0.29) is 6.42 Å². The molecule has 2 unspecified atom stereocenters. The van der Waals surface area contributed by atoms with E-state index in [2.05, 4.69) is 4.90 Å². The minimum atomic E-state index is -1.05. The number of ether oxygens (including phenoxy) is 1. The van der Waals surface area contributed by atoms with Crippen LogP contribution in [0.15, 0.2) is 24.3 Å². The molecule has 2 atom stereocenters. The maximum absolute atomic E-state index is 10.00. The normalized spacial score (nSPS) is 18.7. The molecule has 5 nitrogen and oxygen atoms in total. The second kappa shape index (κ2) is 6.53. The third-order valence-corrected chi connectivity index (χ3v) is 3.25. The molecule has 0 spiro atoms. The Hall–Kier alpha value is -1.61. The van der Waals surface area contributed by atoms with Crippen LogP contribution in [0.4, 0.5) is 5.69 Å². The first kappa shape index (κ1) is 13.8. The highest BCUT2D eigenvalue weighted by molar-refractivity contribution is 5.49. The van der Waals surface area contributed by atoms with E-state index in [4.69, 9.17) is 10.00 Å². The summed E-state index contributed by atoms with van der Waals surface area (Å²) in [5.74, 6) is 0. The third-order valence-electron chi connectivity index (χ3n) is 3.25. The van der Waals surface area contributed by atoms with E-state index < -0.39 is 12.2 Å². The Balaban J connectivity index is 2.12. The van der Waals surface area contributed by atoms with Gasteiger partial charge in [0, 0.05) is 18.8 Å². The number of rotatable bonds is 4. The van der Waals surface area contributed by atoms with Gasteiger partial charge in [0.2, 0.25) is 0 Å². The van der Waals surface area contributed by atoms with Crippen molar-refractivity contribution in [3.05, 3.63) is 29.8 Å². The van der Waals surface area contributed by atoms with Crippen molar-refractivity contribution in [1.29, 1.82) is 5.26 Å². The minimum Gasteiger partial charge on any atom is -0.389 e. The number of aliphatic hydroxyl groups excluding tert-OH is 2. The Kier molecular flexibility index (Phi) is 4.74. The number of anilines is 1. The number of morpholine rings is 1. The summed E-state index contributed by atoms with van der Waals surface area (Å²) in [4.78, 5) is 2.18. The average molecular weight is 262 g/mol. The van der Waals surface area contributed by atoms with Gasteiger partial charge in [-0.25, -0.2) is 0 Å². The van der Waals surface area contributed by atoms with Crippen LogP contribution in [0.25, 0.3) is 0 Å². The van der Waals surface area contributed by atoms with Crippen LogP contribution in [0.2, 0.25) is 0 Å². The summed E-state index contributed by atoms with van der Waals surface area (Å²) in [5, 5.41) is 28.2. The molecule has 1 aliphatic heterocycles. The van der Waals surface area contributed by atoms with Crippen molar-refractivity contribution in [2.75, 3.05) is 31.2 Å². The molecule has 19 heavy (non-hydrogen) atoms. The van der Waals surface area contributed by atoms with Crippen LogP contribution in [0.3, 0.4) is 0 Å². The highest BCUT2D eigenvalue weighted by atomic mass is 16.5. The summed E-state index contributed by atoms with van der Waals surface area (Å²) in [6.07, 6.45) is -2.16. The summed E-state index contributed by atoms with van der Waals surface area (Å²) in [7, 11) is 0. The SMILES string of the molecule is N#CCC(O)C(O)c1cccc(N2CCOCC2)c1. The zero-order valence-corrected chi connectivity index (χ0v) is 10.7. The lowest BCUT2D eigenvalue weighted by molar-refractivity contribution is 0.0216. The van der Waals surface area contributed by atoms with Crippen LogP contribution >= 0.6 is 0 Å². The molecule has 2 rings (SSSR count). The molecule has 2 N–H and O–H groups in total. The van der Waals surface area contributed by atoms with Crippen molar-refractivity contribution in [1.82, 2.24) is 0 Å². The predicted molar refractivity (Wildman–Crippen MR) is 70.7 cm³/mol. The molecule has 1 saturated heterocycles. The molecule has 5 heteroatoms. The lowest BCUT2D eigenvalue weighted by atomic mass is 10.0. The molecule has 102 valence electrons. The monoisotopic (exact) mass is 262 g/mol. The molecular weight excluding hydrogens is 244 g/mol. The maximum Gasteiger partial charge on any atom is 0.106 e. The topological polar surface area (TPSA) is 76.7 Å². The van der Waals surface area contributed by atoms with Crippen LogP contribution < -0.4 is 4.90 Å². The number of nitriles is 1. The average Bonchev–Trinajstić information content (AvgIpc) is 2.48. The Morgan fingerprint density at radius 1 is 1.32 bits per heavy atom. The van der Waals surface area contributed by atoms with Crippen molar-refractivity contribution in [2.24, 2.45) is 0 Å². The Labute approximate surface area is 112 Å². The second-order valence-corrected chi connectivity index (χ2v) is 4.57. The molecule has 0 aliphatic carbocycles. The van der Waals surface area contributed by atoms with Crippen LogP contribution in [0.5, 0.6) is 0 Å². The number of hydrogen-bond acceptors (Lipinski definition) is 5. The van der Waals surface area contributed by atoms with E-state index >= 15 is 0 Å². The van der Waals surface area contributed by atoms with E-state index in [0.717, 1.165) is 18.8 Å². The predicted octanol–water partition coefficient (Wildman–Crippen LogP) is 0.831. The van der Waals surface area contributed by atoms with Crippen LogP contribution in [0.1, 0.15) is 18.1 Å². The second-order valence-electron chi connectivity index (χ2n) is 4.57. The van der Waals surface area contributed by atoms with Crippen LogP contribution in [-0.4, -0.2) is 42.6 Å². The van der Waals surface area contributed by atoms with Gasteiger partial charge in [-0.3, -0.25) is 0 Å². The molecule has 1 fully saturated rings. The molecule has 0 radical (unpaired) electrons. The van der Waals surface area contributed by atoms with Gasteiger partial charge in [0.15, 0.2) is 0 Å². The molecule has 0 bridgehead atoms. The highest BCUT2D eigenvalue weighted by Crippen LogP contribution is 2.24. The van der Waals surface area contributed by atoms with E-state index in [1.807, 2.05) is 24.3 Å². The summed E-state index contributed by atoms with van der Waals surface area (Å²) >= 11 is 0. The molecule has 1 aliphatic rings. The summed E-state index contributed by atoms with van der Waals surface area (Å²) in [6.45, 7) is 3.04. The maximum atomic E-state index is 10.00. The van der Waals surface area contributed by atoms with Crippen molar-refractivity contribution in [3.8, 4) is 6.07 Å². The zero-order chi connectivity index (χ0) is 13.7. The molecule has 0 amide bonds. The molecule has 0 saturated carbocycles.